The Labute approximate surface area is 166 Å². The molecule has 1 atom stereocenters. The van der Waals surface area contributed by atoms with E-state index in [-0.39, 0.29) is 11.9 Å². The molecule has 1 aromatic carbocycles. The molecule has 4 aromatic rings. The fourth-order valence-corrected chi connectivity index (χ4v) is 3.37. The normalized spacial score (nSPS) is 15.1. The van der Waals surface area contributed by atoms with Crippen LogP contribution in [0.25, 0.3) is 33.8 Å². The van der Waals surface area contributed by atoms with Gasteiger partial charge < -0.3 is 14.4 Å². The van der Waals surface area contributed by atoms with Gasteiger partial charge in [0.1, 0.15) is 5.82 Å². The summed E-state index contributed by atoms with van der Waals surface area (Å²) in [7, 11) is 1.89. The van der Waals surface area contributed by atoms with E-state index in [1.54, 1.807) is 12.1 Å². The molecule has 3 aromatic heterocycles. The van der Waals surface area contributed by atoms with E-state index in [1.807, 2.05) is 13.1 Å². The minimum atomic E-state index is -0.300. The van der Waals surface area contributed by atoms with Crippen LogP contribution in [0.2, 0.25) is 0 Å². The predicted molar refractivity (Wildman–Crippen MR) is 105 cm³/mol. The number of benzene rings is 1. The molecule has 3 heterocycles. The van der Waals surface area contributed by atoms with E-state index in [9.17, 15) is 4.39 Å². The molecule has 148 valence electrons. The van der Waals surface area contributed by atoms with Crippen LogP contribution in [0.15, 0.2) is 39.4 Å². The summed E-state index contributed by atoms with van der Waals surface area (Å²) in [6, 6.07) is 8.28. The topological polar surface area (TPSA) is 89.9 Å². The third-order valence-corrected chi connectivity index (χ3v) is 5.26. The minimum Gasteiger partial charge on any atom is -0.335 e. The second-order valence-corrected chi connectivity index (χ2v) is 7.49. The van der Waals surface area contributed by atoms with E-state index in [0.717, 1.165) is 35.0 Å². The van der Waals surface area contributed by atoms with E-state index >= 15 is 0 Å². The monoisotopic (exact) mass is 393 g/mol. The number of aromatic nitrogens is 4. The van der Waals surface area contributed by atoms with Crippen molar-refractivity contribution in [2.24, 2.45) is 0 Å². The molecule has 5 rings (SSSR count). The van der Waals surface area contributed by atoms with Gasteiger partial charge in [-0.2, -0.15) is 4.98 Å². The first-order valence-electron chi connectivity index (χ1n) is 9.69. The van der Waals surface area contributed by atoms with Crippen LogP contribution in [0.5, 0.6) is 0 Å². The number of nitrogens with one attached hydrogen (secondary N) is 1. The molecule has 0 amide bonds. The van der Waals surface area contributed by atoms with E-state index in [4.69, 9.17) is 9.05 Å². The molecule has 1 N–H and O–H groups in total. The summed E-state index contributed by atoms with van der Waals surface area (Å²) in [4.78, 5) is 9.20. The van der Waals surface area contributed by atoms with Crippen molar-refractivity contribution in [2.75, 3.05) is 7.05 Å². The molecule has 7 nitrogen and oxygen atoms in total. The molecule has 0 saturated heterocycles. The lowest BCUT2D eigenvalue weighted by Gasteiger charge is -2.05. The highest BCUT2D eigenvalue weighted by Crippen LogP contribution is 2.45. The third kappa shape index (κ3) is 3.40. The Morgan fingerprint density at radius 2 is 1.93 bits per heavy atom. The van der Waals surface area contributed by atoms with Gasteiger partial charge in [0.25, 0.3) is 11.6 Å². The standard InChI is InChI=1S/C21H20FN5O2/c1-11(23-2)9-17-25-20(28-26-17)15-10-16(12-5-7-14(22)8-6-12)24-21-18(15)19(27-29-21)13-3-4-13/h5-8,10-11,13,23H,3-4,9H2,1-2H3. The van der Waals surface area contributed by atoms with Crippen molar-refractivity contribution in [3.63, 3.8) is 0 Å². The highest BCUT2D eigenvalue weighted by molar-refractivity contribution is 5.94. The molecule has 0 aliphatic heterocycles. The van der Waals surface area contributed by atoms with Gasteiger partial charge in [-0.1, -0.05) is 10.3 Å². The molecule has 8 heteroatoms. The molecular formula is C21H20FN5O2. The van der Waals surface area contributed by atoms with Crippen LogP contribution in [-0.4, -0.2) is 33.4 Å². The summed E-state index contributed by atoms with van der Waals surface area (Å²) in [6.45, 7) is 2.05. The molecule has 1 aliphatic rings. The van der Waals surface area contributed by atoms with Crippen molar-refractivity contribution in [3.8, 4) is 22.7 Å². The Kier molecular flexibility index (Phi) is 4.35. The van der Waals surface area contributed by atoms with Crippen LogP contribution in [0.3, 0.4) is 0 Å². The van der Waals surface area contributed by atoms with Gasteiger partial charge in [0.05, 0.1) is 22.3 Å². The average molecular weight is 393 g/mol. The maximum Gasteiger partial charge on any atom is 0.259 e. The SMILES string of the molecule is CNC(C)Cc1noc(-c2cc(-c3ccc(F)cc3)nc3onc(C4CC4)c23)n1. The van der Waals surface area contributed by atoms with Gasteiger partial charge >= 0.3 is 0 Å². The Bertz CT molecular complexity index is 1160. The largest absolute Gasteiger partial charge is 0.335 e. The van der Waals surface area contributed by atoms with E-state index in [2.05, 4.69) is 32.5 Å². The van der Waals surface area contributed by atoms with Gasteiger partial charge in [-0.3, -0.25) is 0 Å². The molecule has 1 aliphatic carbocycles. The number of rotatable bonds is 6. The van der Waals surface area contributed by atoms with E-state index in [1.165, 1.54) is 12.1 Å². The fourth-order valence-electron chi connectivity index (χ4n) is 3.37. The van der Waals surface area contributed by atoms with Crippen LogP contribution in [0.4, 0.5) is 4.39 Å². The summed E-state index contributed by atoms with van der Waals surface area (Å²) >= 11 is 0. The molecule has 0 spiro atoms. The van der Waals surface area contributed by atoms with E-state index < -0.39 is 0 Å². The second kappa shape index (κ2) is 7.04. The van der Waals surface area contributed by atoms with Gasteiger partial charge in [-0.05, 0) is 57.1 Å². The number of fused-ring (bicyclic) bond motifs is 1. The maximum atomic E-state index is 13.3. The predicted octanol–water partition coefficient (Wildman–Crippen LogP) is 4.11. The first-order valence-corrected chi connectivity index (χ1v) is 9.69. The Morgan fingerprint density at radius 1 is 1.14 bits per heavy atom. The lowest BCUT2D eigenvalue weighted by Crippen LogP contribution is -2.24. The zero-order valence-corrected chi connectivity index (χ0v) is 16.1. The summed E-state index contributed by atoms with van der Waals surface area (Å²) in [5.74, 6) is 1.11. The molecule has 0 bridgehead atoms. The first kappa shape index (κ1) is 17.9. The maximum absolute atomic E-state index is 13.3. The highest BCUT2D eigenvalue weighted by atomic mass is 19.1. The van der Waals surface area contributed by atoms with Gasteiger partial charge in [-0.15, -0.1) is 0 Å². The van der Waals surface area contributed by atoms with Gasteiger partial charge in [0, 0.05) is 23.9 Å². The zero-order valence-electron chi connectivity index (χ0n) is 16.1. The van der Waals surface area contributed by atoms with Crippen LogP contribution in [0, 0.1) is 5.82 Å². The quantitative estimate of drug-likeness (QED) is 0.527. The molecule has 1 fully saturated rings. The van der Waals surface area contributed by atoms with E-state index in [0.29, 0.717) is 35.5 Å². The number of nitrogens with zero attached hydrogens (tertiary/aromatic N) is 4. The third-order valence-electron chi connectivity index (χ3n) is 5.26. The van der Waals surface area contributed by atoms with Crippen LogP contribution >= 0.6 is 0 Å². The van der Waals surface area contributed by atoms with Crippen LogP contribution < -0.4 is 5.32 Å². The summed E-state index contributed by atoms with van der Waals surface area (Å²) in [5, 5.41) is 12.4. The molecular weight excluding hydrogens is 373 g/mol. The number of hydrogen-bond acceptors (Lipinski definition) is 7. The number of halogens is 1. The molecule has 0 radical (unpaired) electrons. The van der Waals surface area contributed by atoms with Crippen molar-refractivity contribution in [2.45, 2.75) is 38.1 Å². The second-order valence-electron chi connectivity index (χ2n) is 7.49. The summed E-state index contributed by atoms with van der Waals surface area (Å²) in [5.41, 5.74) is 3.45. The highest BCUT2D eigenvalue weighted by Gasteiger charge is 2.32. The Morgan fingerprint density at radius 3 is 2.66 bits per heavy atom. The zero-order chi connectivity index (χ0) is 20.0. The summed E-state index contributed by atoms with van der Waals surface area (Å²) in [6.07, 6.45) is 2.81. The number of likely N-dealkylation sites (N-methyl/N-ethyl adjacent to an activating group) is 1. The van der Waals surface area contributed by atoms with Gasteiger partial charge in [0.15, 0.2) is 5.82 Å². The van der Waals surface area contributed by atoms with Gasteiger partial charge in [-0.25, -0.2) is 9.37 Å². The smallest absolute Gasteiger partial charge is 0.259 e. The van der Waals surface area contributed by atoms with Crippen LogP contribution in [0.1, 0.15) is 37.2 Å². The fraction of sp³-hybridized carbons (Fsp3) is 0.333. The lowest BCUT2D eigenvalue weighted by atomic mass is 10.0. The molecule has 1 unspecified atom stereocenters. The van der Waals surface area contributed by atoms with Crippen LogP contribution in [-0.2, 0) is 6.42 Å². The van der Waals surface area contributed by atoms with Crippen molar-refractivity contribution in [3.05, 3.63) is 47.7 Å². The van der Waals surface area contributed by atoms with Gasteiger partial charge in [0.2, 0.25) is 0 Å². The van der Waals surface area contributed by atoms with Crippen molar-refractivity contribution in [1.29, 1.82) is 0 Å². The van der Waals surface area contributed by atoms with Crippen molar-refractivity contribution < 1.29 is 13.4 Å². The minimum absolute atomic E-state index is 0.227. The average Bonchev–Trinajstić information content (AvgIpc) is 3.31. The molecule has 1 saturated carbocycles. The lowest BCUT2D eigenvalue weighted by molar-refractivity contribution is 0.418. The van der Waals surface area contributed by atoms with Crippen molar-refractivity contribution >= 4 is 11.1 Å². The number of hydrogen-bond donors (Lipinski definition) is 1. The summed E-state index contributed by atoms with van der Waals surface area (Å²) < 4.78 is 24.5. The Hall–Kier alpha value is -3.13. The Balaban J connectivity index is 1.65. The number of pyridine rings is 1. The molecule has 29 heavy (non-hydrogen) atoms. The first-order chi connectivity index (χ1) is 14.1. The van der Waals surface area contributed by atoms with Crippen molar-refractivity contribution in [1.82, 2.24) is 25.6 Å².